The number of hydrogen-bond donors (Lipinski definition) is 0. The van der Waals surface area contributed by atoms with E-state index in [1.165, 1.54) is 0 Å². The molecule has 0 aromatic rings. The fourth-order valence-corrected chi connectivity index (χ4v) is 2.51. The Morgan fingerprint density at radius 1 is 0.577 bits per heavy atom. The largest absolute Gasteiger partial charge is 0 e. The molecule has 0 aromatic carbocycles. The molecule has 156 valence electrons. The van der Waals surface area contributed by atoms with Gasteiger partial charge in [0.1, 0.15) is 0 Å². The zero-order valence-electron chi connectivity index (χ0n) is 18.6. The zero-order chi connectivity index (χ0) is 20.1. The first-order chi connectivity index (χ1) is 10.9. The maximum atomic E-state index is 4.78. The van der Waals surface area contributed by atoms with E-state index < -0.39 is 0 Å². The van der Waals surface area contributed by atoms with E-state index in [-0.39, 0.29) is 38.7 Å². The predicted molar refractivity (Wildman–Crippen MR) is 110 cm³/mol. The van der Waals surface area contributed by atoms with Crippen molar-refractivity contribution in [3.8, 4) is 0 Å². The summed E-state index contributed by atoms with van der Waals surface area (Å²) >= 11 is 0.871. The van der Waals surface area contributed by atoms with Gasteiger partial charge in [-0.1, -0.05) is 0 Å². The van der Waals surface area contributed by atoms with Crippen LogP contribution < -0.4 is 0 Å². The van der Waals surface area contributed by atoms with Crippen LogP contribution in [0.3, 0.4) is 0 Å². The molecule has 4 nitrogen and oxygen atoms in total. The summed E-state index contributed by atoms with van der Waals surface area (Å²) in [6.07, 6.45) is 3.90. The standard InChI is InChI=1S/2C10H19N2.2Co/c2*1-9(2,3)7-11-8-12-10(4,5)6;;/h2*7H,1-6H3;;. The molecule has 0 aromatic heterocycles. The third-order valence-electron chi connectivity index (χ3n) is 2.10. The number of hydrogen-bond acceptors (Lipinski definition) is 2. The Morgan fingerprint density at radius 3 is 1.04 bits per heavy atom. The molecule has 1 radical (unpaired) electrons. The van der Waals surface area contributed by atoms with Crippen molar-refractivity contribution in [3.05, 3.63) is 0 Å². The molecule has 0 rings (SSSR count). The van der Waals surface area contributed by atoms with Crippen LogP contribution in [-0.2, 0) is 31.5 Å². The molecular weight excluding hydrogens is 414 g/mol. The number of nitrogens with zero attached hydrogens (tertiary/aromatic N) is 4. The second kappa shape index (κ2) is 10.3. The van der Waals surface area contributed by atoms with Gasteiger partial charge in [-0.3, -0.25) is 0 Å². The van der Waals surface area contributed by atoms with Crippen LogP contribution >= 0.6 is 0 Å². The molecule has 0 atom stereocenters. The van der Waals surface area contributed by atoms with E-state index in [2.05, 4.69) is 93.1 Å². The minimum absolute atomic E-state index is 0. The smallest absolute Gasteiger partial charge is 0 e. The van der Waals surface area contributed by atoms with E-state index in [1.54, 1.807) is 0 Å². The summed E-state index contributed by atoms with van der Waals surface area (Å²) in [7, 11) is 0. The normalized spacial score (nSPS) is 15.8. The molecule has 0 aliphatic heterocycles. The van der Waals surface area contributed by atoms with Gasteiger partial charge in [0, 0.05) is 16.8 Å². The van der Waals surface area contributed by atoms with Crippen LogP contribution in [-0.4, -0.2) is 33.0 Å². The van der Waals surface area contributed by atoms with E-state index >= 15 is 0 Å². The Balaban J connectivity index is 0. The van der Waals surface area contributed by atoms with Crippen LogP contribution in [0, 0.1) is 10.8 Å². The average molecular weight is 452 g/mol. The van der Waals surface area contributed by atoms with E-state index in [1.807, 2.05) is 12.4 Å². The first kappa shape index (κ1) is 27.9. The Labute approximate surface area is 178 Å². The molecule has 26 heavy (non-hydrogen) atoms. The number of amidine groups is 2. The van der Waals surface area contributed by atoms with Gasteiger partial charge < -0.3 is 0 Å². The predicted octanol–water partition coefficient (Wildman–Crippen LogP) is 5.61. The van der Waals surface area contributed by atoms with Crippen molar-refractivity contribution in [1.29, 1.82) is 0 Å². The Morgan fingerprint density at radius 2 is 0.846 bits per heavy atom. The molecule has 0 spiro atoms. The van der Waals surface area contributed by atoms with Gasteiger partial charge in [0.2, 0.25) is 0 Å². The first-order valence-corrected chi connectivity index (χ1v) is 9.81. The van der Waals surface area contributed by atoms with Gasteiger partial charge in [-0.15, -0.1) is 0 Å². The third kappa shape index (κ3) is 18.5. The number of aliphatic imine (C=N–C) groups is 4. The van der Waals surface area contributed by atoms with Gasteiger partial charge in [0.15, 0.2) is 0 Å². The summed E-state index contributed by atoms with van der Waals surface area (Å²) in [6.45, 7) is 25.2. The maximum Gasteiger partial charge on any atom is 0 e. The molecular formula is C20H38Co2N4. The van der Waals surface area contributed by atoms with Crippen molar-refractivity contribution in [2.75, 3.05) is 0 Å². The fraction of sp³-hybridized carbons (Fsp3) is 0.800. The van der Waals surface area contributed by atoms with Crippen LogP contribution in [0.5, 0.6) is 0 Å². The van der Waals surface area contributed by atoms with Gasteiger partial charge in [-0.25, -0.2) is 0 Å². The Bertz CT molecular complexity index is 496. The average Bonchev–Trinajstić information content (AvgIpc) is 2.27. The third-order valence-corrected chi connectivity index (χ3v) is 3.07. The zero-order valence-corrected chi connectivity index (χ0v) is 20.7. The van der Waals surface area contributed by atoms with Crippen molar-refractivity contribution in [2.45, 2.75) is 94.2 Å². The van der Waals surface area contributed by atoms with Crippen LogP contribution in [0.25, 0.3) is 0 Å². The molecule has 0 amide bonds. The molecule has 0 saturated heterocycles. The van der Waals surface area contributed by atoms with Crippen molar-refractivity contribution in [1.82, 2.24) is 0 Å². The van der Waals surface area contributed by atoms with E-state index in [9.17, 15) is 0 Å². The van der Waals surface area contributed by atoms with E-state index in [0.717, 1.165) is 24.2 Å². The molecule has 0 heterocycles. The maximum absolute atomic E-state index is 4.78. The summed E-state index contributed by atoms with van der Waals surface area (Å²) in [5.74, 6) is 0. The van der Waals surface area contributed by atoms with Gasteiger partial charge in [-0.05, 0) is 0 Å². The fourth-order valence-electron chi connectivity index (χ4n) is 1.22. The Hall–Kier alpha value is -0.307. The van der Waals surface area contributed by atoms with Crippen molar-refractivity contribution < 1.29 is 31.5 Å². The van der Waals surface area contributed by atoms with E-state index in [4.69, 9.17) is 9.98 Å². The first-order valence-electron chi connectivity index (χ1n) is 8.77. The molecule has 0 aliphatic rings. The van der Waals surface area contributed by atoms with Gasteiger partial charge in [0.05, 0.1) is 0 Å². The summed E-state index contributed by atoms with van der Waals surface area (Å²) < 4.78 is 1.49. The van der Waals surface area contributed by atoms with Gasteiger partial charge >= 0.3 is 162 Å². The summed E-state index contributed by atoms with van der Waals surface area (Å²) in [5.41, 5.74) is -0.387. The van der Waals surface area contributed by atoms with Crippen molar-refractivity contribution in [2.24, 2.45) is 30.8 Å². The molecule has 6 heteroatoms. The summed E-state index contributed by atoms with van der Waals surface area (Å²) in [6, 6.07) is 0. The molecule has 0 aliphatic carbocycles. The second-order valence-corrected chi connectivity index (χ2v) is 11.6. The molecule has 0 bridgehead atoms. The van der Waals surface area contributed by atoms with Crippen LogP contribution in [0.4, 0.5) is 0 Å². The second-order valence-electron chi connectivity index (χ2n) is 10.4. The number of rotatable bonds is 2. The Kier molecular flexibility index (Phi) is 11.1. The topological polar surface area (TPSA) is 49.4 Å². The minimum atomic E-state index is -0.197. The van der Waals surface area contributed by atoms with Crippen molar-refractivity contribution >= 4 is 22.0 Å². The monoisotopic (exact) mass is 452 g/mol. The van der Waals surface area contributed by atoms with Crippen LogP contribution in [0.1, 0.15) is 83.1 Å². The van der Waals surface area contributed by atoms with Crippen LogP contribution in [0.2, 0.25) is 0 Å². The molecule has 0 unspecified atom stereocenters. The SMILES string of the molecule is CC(C)(C)C=N[C](=NC(C)(C)C)[Co][C](N=CC(C)(C)C)=NC(C)(C)C.[Co]. The molecule has 0 fully saturated rings. The molecule has 0 saturated carbocycles. The summed E-state index contributed by atoms with van der Waals surface area (Å²) in [5, 5.41) is 0. The van der Waals surface area contributed by atoms with Gasteiger partial charge in [-0.2, -0.15) is 0 Å². The minimum Gasteiger partial charge on any atom is 0 e. The van der Waals surface area contributed by atoms with Crippen molar-refractivity contribution in [3.63, 3.8) is 0 Å². The van der Waals surface area contributed by atoms with Crippen LogP contribution in [0.15, 0.2) is 20.0 Å². The molecule has 0 N–H and O–H groups in total. The van der Waals surface area contributed by atoms with E-state index in [0.29, 0.717) is 0 Å². The summed E-state index contributed by atoms with van der Waals surface area (Å²) in [4.78, 5) is 18.9. The quantitative estimate of drug-likeness (QED) is 0.386. The van der Waals surface area contributed by atoms with Gasteiger partial charge in [0.25, 0.3) is 0 Å².